The van der Waals surface area contributed by atoms with Gasteiger partial charge in [-0.3, -0.25) is 14.2 Å². The number of rotatable bonds is 8. The fourth-order valence-corrected chi connectivity index (χ4v) is 5.47. The Morgan fingerprint density at radius 2 is 1.81 bits per heavy atom. The van der Waals surface area contributed by atoms with Crippen molar-refractivity contribution in [1.29, 1.82) is 0 Å². The summed E-state index contributed by atoms with van der Waals surface area (Å²) in [7, 11) is 0. The molecule has 3 heterocycles. The smallest absolute Gasteiger partial charge is 0.294 e. The minimum atomic E-state index is -0.122. The van der Waals surface area contributed by atoms with Crippen LogP contribution in [-0.2, 0) is 11.3 Å². The van der Waals surface area contributed by atoms with Crippen LogP contribution in [-0.4, -0.2) is 59.6 Å². The Morgan fingerprint density at radius 1 is 1.03 bits per heavy atom. The maximum absolute atomic E-state index is 13.7. The van der Waals surface area contributed by atoms with E-state index in [1.807, 2.05) is 33.7 Å². The van der Waals surface area contributed by atoms with Crippen molar-refractivity contribution in [2.45, 2.75) is 45.6 Å². The van der Waals surface area contributed by atoms with Crippen molar-refractivity contribution >= 4 is 22.8 Å². The topological polar surface area (TPSA) is 70.5 Å². The second-order valence-corrected chi connectivity index (χ2v) is 10.3. The van der Waals surface area contributed by atoms with E-state index in [1.165, 1.54) is 31.5 Å². The molecule has 3 aromatic rings. The molecule has 1 amide bonds. The summed E-state index contributed by atoms with van der Waals surface area (Å²) in [5, 5.41) is 3.15. The summed E-state index contributed by atoms with van der Waals surface area (Å²) in [5.74, 6) is 0.429. The van der Waals surface area contributed by atoms with Crippen LogP contribution in [0.4, 0.5) is 5.82 Å². The lowest BCUT2D eigenvalue weighted by molar-refractivity contribution is -0.125. The molecule has 0 radical (unpaired) electrons. The van der Waals surface area contributed by atoms with E-state index in [2.05, 4.69) is 41.4 Å². The second kappa shape index (κ2) is 11.2. The Kier molecular flexibility index (Phi) is 7.66. The molecule has 1 aromatic heterocycles. The molecule has 2 fully saturated rings. The number of para-hydroxylation sites is 2. The molecule has 0 bridgehead atoms. The van der Waals surface area contributed by atoms with E-state index in [9.17, 15) is 9.59 Å². The maximum Gasteiger partial charge on any atom is 0.294 e. The van der Waals surface area contributed by atoms with Gasteiger partial charge in [-0.1, -0.05) is 42.0 Å². The lowest BCUT2D eigenvalue weighted by atomic mass is 9.97. The zero-order chi connectivity index (χ0) is 24.9. The average Bonchev–Trinajstić information content (AvgIpc) is 3.43. The molecule has 2 aromatic carbocycles. The van der Waals surface area contributed by atoms with E-state index < -0.39 is 0 Å². The Labute approximate surface area is 213 Å². The molecule has 7 nitrogen and oxygen atoms in total. The Bertz CT molecular complexity index is 1250. The number of anilines is 1. The van der Waals surface area contributed by atoms with Crippen LogP contribution in [0, 0.1) is 12.8 Å². The van der Waals surface area contributed by atoms with Gasteiger partial charge < -0.3 is 15.1 Å². The van der Waals surface area contributed by atoms with Gasteiger partial charge in [0.25, 0.3) is 5.56 Å². The lowest BCUT2D eigenvalue weighted by Gasteiger charge is -2.33. The summed E-state index contributed by atoms with van der Waals surface area (Å²) in [4.78, 5) is 36.0. The minimum absolute atomic E-state index is 0.0963. The first kappa shape index (κ1) is 24.5. The molecule has 0 spiro atoms. The summed E-state index contributed by atoms with van der Waals surface area (Å²) in [6.07, 6.45) is 5.29. The van der Waals surface area contributed by atoms with Crippen molar-refractivity contribution in [2.24, 2.45) is 5.92 Å². The van der Waals surface area contributed by atoms with Crippen molar-refractivity contribution < 1.29 is 4.79 Å². The molecule has 5 rings (SSSR count). The molecule has 1 N–H and O–H groups in total. The molecule has 36 heavy (non-hydrogen) atoms. The van der Waals surface area contributed by atoms with Gasteiger partial charge in [0.1, 0.15) is 0 Å². The van der Waals surface area contributed by atoms with Gasteiger partial charge in [-0.05, 0) is 76.4 Å². The van der Waals surface area contributed by atoms with Gasteiger partial charge in [-0.15, -0.1) is 0 Å². The number of hydrogen-bond donors (Lipinski definition) is 1. The highest BCUT2D eigenvalue weighted by Gasteiger charge is 2.28. The maximum atomic E-state index is 13.7. The van der Waals surface area contributed by atoms with Crippen LogP contribution in [0.25, 0.3) is 11.0 Å². The number of likely N-dealkylation sites (tertiary alicyclic amines) is 1. The van der Waals surface area contributed by atoms with Crippen molar-refractivity contribution in [3.05, 3.63) is 70.0 Å². The predicted molar refractivity (Wildman–Crippen MR) is 145 cm³/mol. The molecule has 0 unspecified atom stereocenters. The highest BCUT2D eigenvalue weighted by Crippen LogP contribution is 2.22. The fraction of sp³-hybridized carbons (Fsp3) is 0.483. The lowest BCUT2D eigenvalue weighted by Crippen LogP contribution is -2.46. The highest BCUT2D eigenvalue weighted by atomic mass is 16.2. The van der Waals surface area contributed by atoms with Gasteiger partial charge in [0, 0.05) is 19.6 Å². The summed E-state index contributed by atoms with van der Waals surface area (Å²) in [6, 6.07) is 16.1. The zero-order valence-corrected chi connectivity index (χ0v) is 21.3. The predicted octanol–water partition coefficient (Wildman–Crippen LogP) is 3.57. The monoisotopic (exact) mass is 487 g/mol. The van der Waals surface area contributed by atoms with Gasteiger partial charge in [-0.2, -0.15) is 0 Å². The van der Waals surface area contributed by atoms with Crippen LogP contribution >= 0.6 is 0 Å². The number of benzene rings is 2. The molecular formula is C29H37N5O2. The highest BCUT2D eigenvalue weighted by molar-refractivity contribution is 5.80. The number of carbonyl (C=O) groups is 1. The van der Waals surface area contributed by atoms with E-state index in [0.717, 1.165) is 48.9 Å². The zero-order valence-electron chi connectivity index (χ0n) is 21.3. The quantitative estimate of drug-likeness (QED) is 0.492. The van der Waals surface area contributed by atoms with Crippen LogP contribution in [0.5, 0.6) is 0 Å². The van der Waals surface area contributed by atoms with Gasteiger partial charge in [0.15, 0.2) is 5.82 Å². The molecule has 0 saturated carbocycles. The molecule has 1 atom stereocenters. The van der Waals surface area contributed by atoms with E-state index >= 15 is 0 Å². The third kappa shape index (κ3) is 5.62. The van der Waals surface area contributed by atoms with E-state index in [-0.39, 0.29) is 17.4 Å². The minimum Gasteiger partial charge on any atom is -0.356 e. The number of aromatic nitrogens is 2. The van der Waals surface area contributed by atoms with Crippen LogP contribution < -0.4 is 15.8 Å². The summed E-state index contributed by atoms with van der Waals surface area (Å²) in [5.41, 5.74) is 3.81. The van der Waals surface area contributed by atoms with E-state index in [4.69, 9.17) is 4.98 Å². The molecule has 7 heteroatoms. The first-order chi connectivity index (χ1) is 17.6. The number of amides is 1. The number of hydrogen-bond acceptors (Lipinski definition) is 5. The molecule has 190 valence electrons. The first-order valence-corrected chi connectivity index (χ1v) is 13.4. The van der Waals surface area contributed by atoms with Crippen molar-refractivity contribution in [3.63, 3.8) is 0 Å². The summed E-state index contributed by atoms with van der Waals surface area (Å²) >= 11 is 0. The van der Waals surface area contributed by atoms with Crippen LogP contribution in [0.3, 0.4) is 0 Å². The van der Waals surface area contributed by atoms with Gasteiger partial charge in [0.05, 0.1) is 23.5 Å². The van der Waals surface area contributed by atoms with Crippen LogP contribution in [0.1, 0.15) is 43.2 Å². The number of nitrogens with zero attached hydrogens (tertiary/aromatic N) is 4. The van der Waals surface area contributed by atoms with Crippen molar-refractivity contribution in [1.82, 2.24) is 19.8 Å². The Hall–Kier alpha value is -3.19. The third-order valence-electron chi connectivity index (χ3n) is 7.54. The number of carbonyl (C=O) groups excluding carboxylic acids is 1. The molecular weight excluding hydrogens is 450 g/mol. The van der Waals surface area contributed by atoms with Gasteiger partial charge >= 0.3 is 0 Å². The number of nitrogens with one attached hydrogen (secondary N) is 1. The van der Waals surface area contributed by atoms with Crippen molar-refractivity contribution in [3.8, 4) is 0 Å². The van der Waals surface area contributed by atoms with Gasteiger partial charge in [-0.25, -0.2) is 4.98 Å². The fourth-order valence-electron chi connectivity index (χ4n) is 5.47. The van der Waals surface area contributed by atoms with Crippen LogP contribution in [0.15, 0.2) is 53.3 Å². The Morgan fingerprint density at radius 3 is 2.61 bits per heavy atom. The van der Waals surface area contributed by atoms with Crippen molar-refractivity contribution in [2.75, 3.05) is 44.2 Å². The molecule has 2 aliphatic heterocycles. The molecule has 0 aliphatic carbocycles. The number of piperidine rings is 1. The second-order valence-electron chi connectivity index (χ2n) is 10.3. The normalized spacial score (nSPS) is 18.6. The summed E-state index contributed by atoms with van der Waals surface area (Å²) in [6.45, 7) is 7.96. The average molecular weight is 488 g/mol. The molecule has 2 aliphatic rings. The third-order valence-corrected chi connectivity index (χ3v) is 7.54. The van der Waals surface area contributed by atoms with Crippen LogP contribution in [0.2, 0.25) is 0 Å². The number of aryl methyl sites for hydroxylation is 1. The Balaban J connectivity index is 1.31. The SMILES string of the molecule is Cc1ccc(Cn2c(=O)c(N3CCC[C@H](C(=O)NCCCN4CCCC4)C3)nc3ccccc32)cc1. The van der Waals surface area contributed by atoms with E-state index in [1.54, 1.807) is 0 Å². The van der Waals surface area contributed by atoms with E-state index in [0.29, 0.717) is 25.5 Å². The largest absolute Gasteiger partial charge is 0.356 e. The first-order valence-electron chi connectivity index (χ1n) is 13.4. The number of fused-ring (bicyclic) bond motifs is 1. The van der Waals surface area contributed by atoms with Gasteiger partial charge in [0.2, 0.25) is 5.91 Å². The molecule has 2 saturated heterocycles. The standard InChI is InChI=1S/C29H37N5O2/c1-22-11-13-23(14-12-22)20-34-26-10-3-2-9-25(26)31-27(29(34)36)33-19-6-8-24(21-33)28(35)30-15-7-18-32-16-4-5-17-32/h2-3,9-14,24H,4-8,15-21H2,1H3,(H,30,35)/t24-/m0/s1. The summed E-state index contributed by atoms with van der Waals surface area (Å²) < 4.78 is 1.82.